The van der Waals surface area contributed by atoms with Gasteiger partial charge in [0.25, 0.3) is 0 Å². The fraction of sp³-hybridized carbons (Fsp3) is 0.0612. The van der Waals surface area contributed by atoms with Crippen molar-refractivity contribution < 1.29 is 19.1 Å². The number of carbonyl (C=O) groups is 2. The van der Waals surface area contributed by atoms with Gasteiger partial charge in [-0.3, -0.25) is 20.0 Å². The molecule has 0 saturated carbocycles. The minimum absolute atomic E-state index is 0.336. The first kappa shape index (κ1) is 39.1. The molecule has 0 aliphatic heterocycles. The van der Waals surface area contributed by atoms with Crippen molar-refractivity contribution >= 4 is 59.5 Å². The van der Waals surface area contributed by atoms with Crippen molar-refractivity contribution in [3.63, 3.8) is 0 Å². The molecule has 8 nitrogen and oxygen atoms in total. The standard InChI is InChI=1S/C49H40N4O4/c1-34(2)48(54)56-46-9-5-7-44(28-46)52-32-40-15-11-38(12-16-40)30-50-42-23-19-36(20-24-42)27-37-21-25-43(26-22-37)51-31-39-13-17-41(18-14-39)33-53-45-8-6-10-47(29-45)57-49(55)35(3)4/h5-26,28-33H,1,3,27H2,2,4H3. The zero-order valence-electron chi connectivity index (χ0n) is 31.7. The smallest absolute Gasteiger partial charge is 0.338 e. The third kappa shape index (κ3) is 12.2. The largest absolute Gasteiger partial charge is 0.423 e. The molecule has 0 atom stereocenters. The number of nitrogens with zero attached hydrogens (tertiary/aromatic N) is 4. The van der Waals surface area contributed by atoms with Gasteiger partial charge in [0.1, 0.15) is 11.5 Å². The van der Waals surface area contributed by atoms with E-state index in [0.717, 1.165) is 40.0 Å². The van der Waals surface area contributed by atoms with E-state index in [1.807, 2.05) is 97.4 Å². The normalized spacial score (nSPS) is 11.4. The van der Waals surface area contributed by atoms with Gasteiger partial charge in [0.05, 0.1) is 22.7 Å². The fourth-order valence-electron chi connectivity index (χ4n) is 5.21. The number of hydrogen-bond donors (Lipinski definition) is 0. The van der Waals surface area contributed by atoms with Gasteiger partial charge in [-0.2, -0.15) is 0 Å². The van der Waals surface area contributed by atoms with E-state index in [9.17, 15) is 9.59 Å². The van der Waals surface area contributed by atoms with Crippen molar-refractivity contribution in [2.24, 2.45) is 20.0 Å². The molecule has 0 radical (unpaired) electrons. The van der Waals surface area contributed by atoms with Crippen LogP contribution in [0.5, 0.6) is 11.5 Å². The van der Waals surface area contributed by atoms with Gasteiger partial charge in [-0.15, -0.1) is 0 Å². The number of rotatable bonds is 14. The number of hydrogen-bond acceptors (Lipinski definition) is 8. The van der Waals surface area contributed by atoms with Gasteiger partial charge in [0.2, 0.25) is 0 Å². The average Bonchev–Trinajstić information content (AvgIpc) is 3.22. The Hall–Kier alpha value is -7.58. The van der Waals surface area contributed by atoms with Crippen molar-refractivity contribution in [1.29, 1.82) is 0 Å². The summed E-state index contributed by atoms with van der Waals surface area (Å²) in [6, 6.07) is 46.4. The highest BCUT2D eigenvalue weighted by Crippen LogP contribution is 2.23. The van der Waals surface area contributed by atoms with E-state index in [2.05, 4.69) is 57.4 Å². The zero-order chi connectivity index (χ0) is 40.0. The van der Waals surface area contributed by atoms with E-state index < -0.39 is 11.9 Å². The van der Waals surface area contributed by atoms with Gasteiger partial charge in [-0.05, 0) is 102 Å². The highest BCUT2D eigenvalue weighted by Gasteiger charge is 2.07. The van der Waals surface area contributed by atoms with Crippen LogP contribution >= 0.6 is 0 Å². The van der Waals surface area contributed by atoms with Crippen LogP contribution < -0.4 is 9.47 Å². The number of benzene rings is 6. The predicted molar refractivity (Wildman–Crippen MR) is 231 cm³/mol. The second kappa shape index (κ2) is 19.1. The van der Waals surface area contributed by atoms with Crippen molar-refractivity contribution in [3.05, 3.63) is 203 Å². The Labute approximate surface area is 332 Å². The van der Waals surface area contributed by atoms with Gasteiger partial charge in [0.15, 0.2) is 0 Å². The van der Waals surface area contributed by atoms with E-state index in [1.165, 1.54) is 11.1 Å². The molecule has 0 fully saturated rings. The summed E-state index contributed by atoms with van der Waals surface area (Å²) in [6.45, 7) is 10.4. The van der Waals surface area contributed by atoms with Crippen molar-refractivity contribution in [1.82, 2.24) is 0 Å². The van der Waals surface area contributed by atoms with Crippen LogP contribution in [0.2, 0.25) is 0 Å². The molecule has 0 spiro atoms. The summed E-state index contributed by atoms with van der Waals surface area (Å²) in [5, 5.41) is 0. The van der Waals surface area contributed by atoms with Gasteiger partial charge in [0, 0.05) is 48.1 Å². The van der Waals surface area contributed by atoms with Gasteiger partial charge >= 0.3 is 11.9 Å². The SMILES string of the molecule is C=C(C)C(=O)Oc1cccc(N=Cc2ccc(C=Nc3ccc(Cc4ccc(N=Cc5ccc(C=Nc6cccc(OC(=O)C(=C)C)c6)cc5)cc4)cc3)cc2)c1. The monoisotopic (exact) mass is 748 g/mol. The Bertz CT molecular complexity index is 2320. The molecule has 0 amide bonds. The van der Waals surface area contributed by atoms with E-state index in [1.54, 1.807) is 62.7 Å². The topological polar surface area (TPSA) is 102 Å². The Kier molecular flexibility index (Phi) is 13.1. The molecule has 6 aromatic carbocycles. The predicted octanol–water partition coefficient (Wildman–Crippen LogP) is 11.2. The number of carbonyl (C=O) groups excluding carboxylic acids is 2. The Morgan fingerprint density at radius 2 is 0.772 bits per heavy atom. The first-order valence-corrected chi connectivity index (χ1v) is 18.1. The Morgan fingerprint density at radius 3 is 1.09 bits per heavy atom. The van der Waals surface area contributed by atoms with Crippen LogP contribution in [0.1, 0.15) is 47.2 Å². The number of aliphatic imine (C=N–C) groups is 4. The molecule has 57 heavy (non-hydrogen) atoms. The molecular formula is C49H40N4O4. The maximum Gasteiger partial charge on any atom is 0.338 e. The lowest BCUT2D eigenvalue weighted by Gasteiger charge is -2.04. The molecule has 6 aromatic rings. The highest BCUT2D eigenvalue weighted by molar-refractivity contribution is 5.90. The van der Waals surface area contributed by atoms with Crippen LogP contribution in [0.4, 0.5) is 22.7 Å². The first-order chi connectivity index (χ1) is 27.6. The van der Waals surface area contributed by atoms with E-state index >= 15 is 0 Å². The maximum absolute atomic E-state index is 11.8. The molecule has 0 N–H and O–H groups in total. The Morgan fingerprint density at radius 1 is 0.456 bits per heavy atom. The summed E-state index contributed by atoms with van der Waals surface area (Å²) in [4.78, 5) is 41.9. The molecule has 280 valence electrons. The number of esters is 2. The highest BCUT2D eigenvalue weighted by atomic mass is 16.5. The average molecular weight is 749 g/mol. The molecule has 0 heterocycles. The molecule has 0 saturated heterocycles. The number of ether oxygens (including phenoxy) is 2. The third-order valence-electron chi connectivity index (χ3n) is 8.36. The molecule has 0 aliphatic rings. The van der Waals surface area contributed by atoms with Gasteiger partial charge in [-0.1, -0.05) is 98.1 Å². The molecule has 8 heteroatoms. The molecule has 0 bridgehead atoms. The zero-order valence-corrected chi connectivity index (χ0v) is 31.7. The van der Waals surface area contributed by atoms with Crippen LogP contribution in [0.3, 0.4) is 0 Å². The van der Waals surface area contributed by atoms with Crippen molar-refractivity contribution in [3.8, 4) is 11.5 Å². The lowest BCUT2D eigenvalue weighted by atomic mass is 10.0. The quantitative estimate of drug-likeness (QED) is 0.0479. The second-order valence-electron chi connectivity index (χ2n) is 13.2. The summed E-state index contributed by atoms with van der Waals surface area (Å²) in [5.74, 6) is -0.0915. The van der Waals surface area contributed by atoms with Gasteiger partial charge in [-0.25, -0.2) is 9.59 Å². The van der Waals surface area contributed by atoms with Crippen LogP contribution in [0, 0.1) is 0 Å². The lowest BCUT2D eigenvalue weighted by molar-refractivity contribution is -0.130. The molecule has 6 rings (SSSR count). The second-order valence-corrected chi connectivity index (χ2v) is 13.2. The van der Waals surface area contributed by atoms with E-state index in [0.29, 0.717) is 34.0 Å². The van der Waals surface area contributed by atoms with Crippen LogP contribution in [0.15, 0.2) is 190 Å². The first-order valence-electron chi connectivity index (χ1n) is 18.1. The summed E-state index contributed by atoms with van der Waals surface area (Å²) in [5.41, 5.74) is 9.95. The molecule has 0 unspecified atom stereocenters. The summed E-state index contributed by atoms with van der Waals surface area (Å²) in [6.07, 6.45) is 8.00. The summed E-state index contributed by atoms with van der Waals surface area (Å²) < 4.78 is 10.6. The van der Waals surface area contributed by atoms with Crippen LogP contribution in [-0.2, 0) is 16.0 Å². The van der Waals surface area contributed by atoms with E-state index in [-0.39, 0.29) is 0 Å². The van der Waals surface area contributed by atoms with E-state index in [4.69, 9.17) is 9.47 Å². The minimum Gasteiger partial charge on any atom is -0.423 e. The van der Waals surface area contributed by atoms with Crippen molar-refractivity contribution in [2.45, 2.75) is 20.3 Å². The Balaban J connectivity index is 0.963. The summed E-state index contributed by atoms with van der Waals surface area (Å²) >= 11 is 0. The molecule has 0 aliphatic carbocycles. The maximum atomic E-state index is 11.8. The van der Waals surface area contributed by atoms with Crippen molar-refractivity contribution in [2.75, 3.05) is 0 Å². The fourth-order valence-corrected chi connectivity index (χ4v) is 5.21. The van der Waals surface area contributed by atoms with Crippen LogP contribution in [-0.4, -0.2) is 36.8 Å². The summed E-state index contributed by atoms with van der Waals surface area (Å²) in [7, 11) is 0. The molecular weight excluding hydrogens is 709 g/mol. The van der Waals surface area contributed by atoms with Gasteiger partial charge < -0.3 is 9.47 Å². The van der Waals surface area contributed by atoms with Crippen LogP contribution in [0.25, 0.3) is 0 Å². The third-order valence-corrected chi connectivity index (χ3v) is 8.36. The lowest BCUT2D eigenvalue weighted by Crippen LogP contribution is -2.07. The molecule has 0 aromatic heterocycles. The minimum atomic E-state index is -0.467.